The summed E-state index contributed by atoms with van der Waals surface area (Å²) in [7, 11) is 0. The zero-order valence-electron chi connectivity index (χ0n) is 10.2. The molecule has 2 aromatic rings. The van der Waals surface area contributed by atoms with Crippen LogP contribution in [0.2, 0.25) is 0 Å². The predicted octanol–water partition coefficient (Wildman–Crippen LogP) is 3.11. The molecule has 1 aromatic heterocycles. The molecule has 2 rings (SSSR count). The van der Waals surface area contributed by atoms with E-state index in [0.29, 0.717) is 17.4 Å². The van der Waals surface area contributed by atoms with Crippen LogP contribution in [0.4, 0.5) is 10.2 Å². The quantitative estimate of drug-likeness (QED) is 0.905. The molecular weight excluding hydrogens is 233 g/mol. The van der Waals surface area contributed by atoms with Crippen LogP contribution >= 0.6 is 0 Å². The minimum Gasteiger partial charge on any atom is -0.438 e. The molecule has 0 aliphatic carbocycles. The summed E-state index contributed by atoms with van der Waals surface area (Å²) >= 11 is 0. The number of nitrogen functional groups attached to an aromatic ring is 1. The molecule has 0 unspecified atom stereocenters. The molecule has 94 valence electrons. The SMILES string of the molecule is CC(C)c1c(N)ncnc1Oc1cccc(F)c1. The van der Waals surface area contributed by atoms with Crippen molar-refractivity contribution in [3.05, 3.63) is 42.0 Å². The summed E-state index contributed by atoms with van der Waals surface area (Å²) in [6.45, 7) is 3.93. The standard InChI is InChI=1S/C13H14FN3O/c1-8(2)11-12(15)16-7-17-13(11)18-10-5-3-4-9(14)6-10/h3-8H,1-2H3,(H2,15,16,17). The average Bonchev–Trinajstić information content (AvgIpc) is 2.28. The first-order chi connectivity index (χ1) is 8.58. The van der Waals surface area contributed by atoms with Gasteiger partial charge in [0.05, 0.1) is 5.56 Å². The molecule has 1 heterocycles. The lowest BCUT2D eigenvalue weighted by Crippen LogP contribution is -2.04. The molecule has 18 heavy (non-hydrogen) atoms. The molecule has 1 aromatic carbocycles. The first-order valence-electron chi connectivity index (χ1n) is 5.61. The monoisotopic (exact) mass is 247 g/mol. The van der Waals surface area contributed by atoms with E-state index < -0.39 is 0 Å². The maximum atomic E-state index is 13.1. The summed E-state index contributed by atoms with van der Waals surface area (Å²) in [4.78, 5) is 7.98. The fourth-order valence-electron chi connectivity index (χ4n) is 1.66. The predicted molar refractivity (Wildman–Crippen MR) is 67.0 cm³/mol. The van der Waals surface area contributed by atoms with E-state index in [4.69, 9.17) is 10.5 Å². The maximum absolute atomic E-state index is 13.1. The lowest BCUT2D eigenvalue weighted by atomic mass is 10.1. The Morgan fingerprint density at radius 2 is 2.06 bits per heavy atom. The molecule has 0 bridgehead atoms. The molecular formula is C13H14FN3O. The van der Waals surface area contributed by atoms with Gasteiger partial charge in [-0.15, -0.1) is 0 Å². The number of anilines is 1. The number of halogens is 1. The van der Waals surface area contributed by atoms with Crippen molar-refractivity contribution in [2.24, 2.45) is 0 Å². The number of hydrogen-bond donors (Lipinski definition) is 1. The second-order valence-corrected chi connectivity index (χ2v) is 4.19. The van der Waals surface area contributed by atoms with Gasteiger partial charge in [0.2, 0.25) is 5.88 Å². The summed E-state index contributed by atoms with van der Waals surface area (Å²) in [5, 5.41) is 0. The smallest absolute Gasteiger partial charge is 0.227 e. The molecule has 0 radical (unpaired) electrons. The Labute approximate surface area is 105 Å². The van der Waals surface area contributed by atoms with E-state index in [1.807, 2.05) is 13.8 Å². The Balaban J connectivity index is 2.37. The largest absolute Gasteiger partial charge is 0.438 e. The highest BCUT2D eigenvalue weighted by Crippen LogP contribution is 2.31. The highest BCUT2D eigenvalue weighted by atomic mass is 19.1. The number of nitrogens with zero attached hydrogens (tertiary/aromatic N) is 2. The lowest BCUT2D eigenvalue weighted by Gasteiger charge is -2.13. The van der Waals surface area contributed by atoms with Gasteiger partial charge in [-0.25, -0.2) is 14.4 Å². The second-order valence-electron chi connectivity index (χ2n) is 4.19. The van der Waals surface area contributed by atoms with E-state index in [1.54, 1.807) is 12.1 Å². The first-order valence-corrected chi connectivity index (χ1v) is 5.61. The molecule has 0 fully saturated rings. The van der Waals surface area contributed by atoms with Crippen LogP contribution < -0.4 is 10.5 Å². The van der Waals surface area contributed by atoms with Crippen LogP contribution in [0.15, 0.2) is 30.6 Å². The molecule has 0 atom stereocenters. The highest BCUT2D eigenvalue weighted by Gasteiger charge is 2.15. The van der Waals surface area contributed by atoms with Crippen LogP contribution in [-0.4, -0.2) is 9.97 Å². The van der Waals surface area contributed by atoms with Gasteiger partial charge in [0.1, 0.15) is 23.7 Å². The van der Waals surface area contributed by atoms with Gasteiger partial charge in [-0.05, 0) is 18.1 Å². The van der Waals surface area contributed by atoms with Crippen LogP contribution in [0.3, 0.4) is 0 Å². The first kappa shape index (κ1) is 12.3. The lowest BCUT2D eigenvalue weighted by molar-refractivity contribution is 0.448. The summed E-state index contributed by atoms with van der Waals surface area (Å²) in [5.74, 6) is 0.889. The van der Waals surface area contributed by atoms with Crippen LogP contribution in [0, 0.1) is 5.82 Å². The minimum atomic E-state index is -0.361. The Morgan fingerprint density at radius 3 is 2.72 bits per heavy atom. The van der Waals surface area contributed by atoms with E-state index in [2.05, 4.69) is 9.97 Å². The average molecular weight is 247 g/mol. The van der Waals surface area contributed by atoms with Crippen molar-refractivity contribution in [2.45, 2.75) is 19.8 Å². The van der Waals surface area contributed by atoms with Gasteiger partial charge in [0.15, 0.2) is 0 Å². The molecule has 0 spiro atoms. The third kappa shape index (κ3) is 2.56. The van der Waals surface area contributed by atoms with E-state index in [0.717, 1.165) is 5.56 Å². The Hall–Kier alpha value is -2.17. The Kier molecular flexibility index (Phi) is 3.41. The molecule has 0 aliphatic rings. The van der Waals surface area contributed by atoms with E-state index >= 15 is 0 Å². The zero-order chi connectivity index (χ0) is 13.1. The molecule has 5 heteroatoms. The number of aromatic nitrogens is 2. The topological polar surface area (TPSA) is 61.0 Å². The highest BCUT2D eigenvalue weighted by molar-refractivity contribution is 5.48. The minimum absolute atomic E-state index is 0.120. The van der Waals surface area contributed by atoms with Gasteiger partial charge in [-0.1, -0.05) is 19.9 Å². The van der Waals surface area contributed by atoms with Crippen molar-refractivity contribution in [3.8, 4) is 11.6 Å². The summed E-state index contributed by atoms with van der Waals surface area (Å²) in [6, 6.07) is 5.88. The molecule has 4 nitrogen and oxygen atoms in total. The van der Waals surface area contributed by atoms with Gasteiger partial charge in [-0.2, -0.15) is 0 Å². The van der Waals surface area contributed by atoms with Gasteiger partial charge in [-0.3, -0.25) is 0 Å². The van der Waals surface area contributed by atoms with E-state index in [1.165, 1.54) is 18.5 Å². The number of nitrogens with two attached hydrogens (primary N) is 1. The van der Waals surface area contributed by atoms with E-state index in [-0.39, 0.29) is 11.7 Å². The molecule has 0 saturated heterocycles. The van der Waals surface area contributed by atoms with Crippen LogP contribution in [0.1, 0.15) is 25.3 Å². The molecule has 2 N–H and O–H groups in total. The number of rotatable bonds is 3. The fourth-order valence-corrected chi connectivity index (χ4v) is 1.66. The Morgan fingerprint density at radius 1 is 1.28 bits per heavy atom. The maximum Gasteiger partial charge on any atom is 0.227 e. The fraction of sp³-hybridized carbons (Fsp3) is 0.231. The third-order valence-electron chi connectivity index (χ3n) is 2.47. The zero-order valence-corrected chi connectivity index (χ0v) is 10.2. The van der Waals surface area contributed by atoms with Crippen molar-refractivity contribution in [2.75, 3.05) is 5.73 Å². The number of hydrogen-bond acceptors (Lipinski definition) is 4. The number of ether oxygens (including phenoxy) is 1. The normalized spacial score (nSPS) is 10.7. The van der Waals surface area contributed by atoms with Crippen molar-refractivity contribution in [1.29, 1.82) is 0 Å². The summed E-state index contributed by atoms with van der Waals surface area (Å²) in [6.07, 6.45) is 1.33. The van der Waals surface area contributed by atoms with Crippen LogP contribution in [0.25, 0.3) is 0 Å². The molecule has 0 saturated carbocycles. The van der Waals surface area contributed by atoms with Crippen LogP contribution in [0.5, 0.6) is 11.6 Å². The van der Waals surface area contributed by atoms with Crippen molar-refractivity contribution in [3.63, 3.8) is 0 Å². The Bertz CT molecular complexity index is 558. The van der Waals surface area contributed by atoms with Gasteiger partial charge in [0, 0.05) is 6.07 Å². The van der Waals surface area contributed by atoms with Crippen LogP contribution in [-0.2, 0) is 0 Å². The molecule has 0 amide bonds. The van der Waals surface area contributed by atoms with Gasteiger partial charge >= 0.3 is 0 Å². The summed E-state index contributed by atoms with van der Waals surface area (Å²) in [5.41, 5.74) is 6.52. The van der Waals surface area contributed by atoms with Gasteiger partial charge < -0.3 is 10.5 Å². The van der Waals surface area contributed by atoms with Crippen molar-refractivity contribution < 1.29 is 9.13 Å². The van der Waals surface area contributed by atoms with E-state index in [9.17, 15) is 4.39 Å². The van der Waals surface area contributed by atoms with Crippen molar-refractivity contribution in [1.82, 2.24) is 9.97 Å². The van der Waals surface area contributed by atoms with Gasteiger partial charge in [0.25, 0.3) is 0 Å². The summed E-state index contributed by atoms with van der Waals surface area (Å²) < 4.78 is 18.6. The third-order valence-corrected chi connectivity index (χ3v) is 2.47. The number of benzene rings is 1. The molecule has 0 aliphatic heterocycles. The second kappa shape index (κ2) is 5.00. The van der Waals surface area contributed by atoms with Crippen molar-refractivity contribution >= 4 is 5.82 Å².